The molecule has 0 aromatic heterocycles. The van der Waals surface area contributed by atoms with Gasteiger partial charge in [-0.05, 0) is 19.3 Å². The zero-order valence-electron chi connectivity index (χ0n) is 8.03. The second-order valence-corrected chi connectivity index (χ2v) is 5.66. The molecule has 1 aliphatic carbocycles. The standard InChI is InChI=1S/C9H17NOS2/c1-9(10-11,13-12)7-3-2-4-8-5-6-8/h8,12H,2-7H2,1H3. The molecule has 1 unspecified atom stereocenters. The van der Waals surface area contributed by atoms with Crippen LogP contribution in [0.3, 0.4) is 0 Å². The minimum absolute atomic E-state index is 0.507. The third-order valence-electron chi connectivity index (χ3n) is 2.59. The molecule has 1 aliphatic rings. The normalized spacial score (nSPS) is 21.1. The molecule has 0 bridgehead atoms. The van der Waals surface area contributed by atoms with E-state index in [4.69, 9.17) is 0 Å². The number of thiol groups is 1. The SMILES string of the molecule is CC(CCCCC1CC1)(N=O)SS. The molecule has 1 rings (SSSR count). The molecule has 0 N–H and O–H groups in total. The van der Waals surface area contributed by atoms with Crippen molar-refractivity contribution in [3.05, 3.63) is 4.91 Å². The lowest BCUT2D eigenvalue weighted by molar-refractivity contribution is 0.533. The Bertz CT molecular complexity index is 173. The predicted molar refractivity (Wildman–Crippen MR) is 62.0 cm³/mol. The summed E-state index contributed by atoms with van der Waals surface area (Å²) in [6.45, 7) is 1.86. The summed E-state index contributed by atoms with van der Waals surface area (Å²) in [7, 11) is 1.26. The molecule has 0 saturated heterocycles. The average molecular weight is 219 g/mol. The molecule has 2 nitrogen and oxygen atoms in total. The molecule has 13 heavy (non-hydrogen) atoms. The van der Waals surface area contributed by atoms with Crippen LogP contribution in [0.1, 0.15) is 45.4 Å². The van der Waals surface area contributed by atoms with Crippen LogP contribution in [-0.2, 0) is 0 Å². The molecule has 0 aromatic carbocycles. The molecular weight excluding hydrogens is 202 g/mol. The van der Waals surface area contributed by atoms with Crippen LogP contribution < -0.4 is 0 Å². The Hall–Kier alpha value is 0.300. The van der Waals surface area contributed by atoms with Crippen LogP contribution in [0.2, 0.25) is 0 Å². The first-order chi connectivity index (χ1) is 6.20. The highest BCUT2D eigenvalue weighted by Crippen LogP contribution is 2.37. The van der Waals surface area contributed by atoms with Gasteiger partial charge in [0.05, 0.1) is 0 Å². The van der Waals surface area contributed by atoms with E-state index in [2.05, 4.69) is 16.8 Å². The Balaban J connectivity index is 2.04. The van der Waals surface area contributed by atoms with E-state index in [1.165, 1.54) is 36.5 Å². The largest absolute Gasteiger partial charge is 0.154 e. The van der Waals surface area contributed by atoms with Gasteiger partial charge in [-0.25, -0.2) is 0 Å². The van der Waals surface area contributed by atoms with E-state index in [-0.39, 0.29) is 0 Å². The van der Waals surface area contributed by atoms with Gasteiger partial charge in [-0.2, -0.15) is 0 Å². The summed E-state index contributed by atoms with van der Waals surface area (Å²) in [4.78, 5) is 9.97. The molecule has 4 heteroatoms. The van der Waals surface area contributed by atoms with E-state index in [0.717, 1.165) is 18.8 Å². The lowest BCUT2D eigenvalue weighted by atomic mass is 10.1. The van der Waals surface area contributed by atoms with Crippen LogP contribution >= 0.6 is 22.5 Å². The monoisotopic (exact) mass is 219 g/mol. The summed E-state index contributed by atoms with van der Waals surface area (Å²) in [5, 5.41) is 3.11. The maximum absolute atomic E-state index is 10.5. The predicted octanol–water partition coefficient (Wildman–Crippen LogP) is 4.02. The van der Waals surface area contributed by atoms with Crippen LogP contribution in [-0.4, -0.2) is 4.87 Å². The maximum Gasteiger partial charge on any atom is 0.154 e. The maximum atomic E-state index is 10.5. The van der Waals surface area contributed by atoms with E-state index < -0.39 is 4.87 Å². The molecule has 0 aromatic rings. The summed E-state index contributed by atoms with van der Waals surface area (Å²) in [6, 6.07) is 0. The highest BCUT2D eigenvalue weighted by molar-refractivity contribution is 8.69. The van der Waals surface area contributed by atoms with Crippen molar-refractivity contribution in [1.82, 2.24) is 0 Å². The smallest absolute Gasteiger partial charge is 0.149 e. The van der Waals surface area contributed by atoms with Crippen LogP contribution in [0.15, 0.2) is 5.18 Å². The van der Waals surface area contributed by atoms with Gasteiger partial charge in [-0.1, -0.05) is 48.1 Å². The highest BCUT2D eigenvalue weighted by Gasteiger charge is 2.25. The number of nitrogens with zero attached hydrogens (tertiary/aromatic N) is 1. The summed E-state index contributed by atoms with van der Waals surface area (Å²) in [6.07, 6.45) is 7.38. The average Bonchev–Trinajstić information content (AvgIpc) is 2.96. The second kappa shape index (κ2) is 5.25. The first kappa shape index (κ1) is 11.4. The number of nitroso groups, excluding NO2 is 1. The van der Waals surface area contributed by atoms with Gasteiger partial charge >= 0.3 is 0 Å². The first-order valence-electron chi connectivity index (χ1n) is 4.87. The second-order valence-electron chi connectivity index (χ2n) is 4.05. The van der Waals surface area contributed by atoms with E-state index in [0.29, 0.717) is 0 Å². The summed E-state index contributed by atoms with van der Waals surface area (Å²) in [5.41, 5.74) is 0. The van der Waals surface area contributed by atoms with Crippen molar-refractivity contribution in [2.24, 2.45) is 11.1 Å². The van der Waals surface area contributed by atoms with Crippen LogP contribution in [0.4, 0.5) is 0 Å². The molecule has 0 aliphatic heterocycles. The van der Waals surface area contributed by atoms with Crippen molar-refractivity contribution in [2.75, 3.05) is 0 Å². The van der Waals surface area contributed by atoms with E-state index in [1.54, 1.807) is 0 Å². The van der Waals surface area contributed by atoms with Crippen LogP contribution in [0, 0.1) is 10.8 Å². The van der Waals surface area contributed by atoms with Gasteiger partial charge in [0.15, 0.2) is 4.87 Å². The van der Waals surface area contributed by atoms with Crippen molar-refractivity contribution in [3.8, 4) is 0 Å². The number of rotatable bonds is 7. The Kier molecular flexibility index (Phi) is 4.59. The van der Waals surface area contributed by atoms with E-state index in [1.807, 2.05) is 6.92 Å². The lowest BCUT2D eigenvalue weighted by Gasteiger charge is -2.16. The molecule has 0 heterocycles. The number of unbranched alkanes of at least 4 members (excludes halogenated alkanes) is 1. The molecule has 1 saturated carbocycles. The third kappa shape index (κ3) is 4.36. The molecule has 0 amide bonds. The molecule has 1 fully saturated rings. The van der Waals surface area contributed by atoms with Crippen molar-refractivity contribution < 1.29 is 0 Å². The quantitative estimate of drug-likeness (QED) is 0.303. The van der Waals surface area contributed by atoms with Crippen molar-refractivity contribution >= 4 is 22.5 Å². The lowest BCUT2D eigenvalue weighted by Crippen LogP contribution is -2.13. The number of hydrogen-bond acceptors (Lipinski definition) is 4. The molecular formula is C9H17NOS2. The Morgan fingerprint density at radius 3 is 2.69 bits per heavy atom. The first-order valence-corrected chi connectivity index (χ1v) is 6.74. The van der Waals surface area contributed by atoms with Crippen molar-refractivity contribution in [3.63, 3.8) is 0 Å². The summed E-state index contributed by atoms with van der Waals surface area (Å²) >= 11 is 4.06. The summed E-state index contributed by atoms with van der Waals surface area (Å²) in [5.74, 6) is 0.999. The Morgan fingerprint density at radius 1 is 1.54 bits per heavy atom. The topological polar surface area (TPSA) is 29.4 Å². The fraction of sp³-hybridized carbons (Fsp3) is 1.00. The van der Waals surface area contributed by atoms with Gasteiger partial charge in [-0.3, -0.25) is 0 Å². The fourth-order valence-electron chi connectivity index (χ4n) is 1.40. The Labute approximate surface area is 89.0 Å². The minimum atomic E-state index is -0.507. The fourth-order valence-corrected chi connectivity index (χ4v) is 2.04. The van der Waals surface area contributed by atoms with Crippen LogP contribution in [0.5, 0.6) is 0 Å². The minimum Gasteiger partial charge on any atom is -0.149 e. The third-order valence-corrected chi connectivity index (χ3v) is 4.44. The van der Waals surface area contributed by atoms with Gasteiger partial charge in [0.2, 0.25) is 0 Å². The molecule has 76 valence electrons. The zero-order chi connectivity index (χ0) is 9.73. The highest BCUT2D eigenvalue weighted by atomic mass is 33.1. The van der Waals surface area contributed by atoms with Gasteiger partial charge in [0, 0.05) is 0 Å². The van der Waals surface area contributed by atoms with Gasteiger partial charge in [0.1, 0.15) is 0 Å². The van der Waals surface area contributed by atoms with Gasteiger partial charge in [0.25, 0.3) is 0 Å². The molecule has 1 atom stereocenters. The number of hydrogen-bond donors (Lipinski definition) is 1. The zero-order valence-corrected chi connectivity index (χ0v) is 9.74. The van der Waals surface area contributed by atoms with Gasteiger partial charge in [-0.15, -0.1) is 16.6 Å². The molecule has 0 radical (unpaired) electrons. The molecule has 0 spiro atoms. The Morgan fingerprint density at radius 2 is 2.23 bits per heavy atom. The van der Waals surface area contributed by atoms with Crippen LogP contribution in [0.25, 0.3) is 0 Å². The summed E-state index contributed by atoms with van der Waals surface area (Å²) < 4.78 is 0. The van der Waals surface area contributed by atoms with Crippen molar-refractivity contribution in [2.45, 2.75) is 50.3 Å². The van der Waals surface area contributed by atoms with E-state index >= 15 is 0 Å². The van der Waals surface area contributed by atoms with Gasteiger partial charge < -0.3 is 0 Å². The van der Waals surface area contributed by atoms with Crippen molar-refractivity contribution in [1.29, 1.82) is 0 Å². The van der Waals surface area contributed by atoms with E-state index in [9.17, 15) is 4.91 Å².